The van der Waals surface area contributed by atoms with Gasteiger partial charge < -0.3 is 14.1 Å². The van der Waals surface area contributed by atoms with Crippen molar-refractivity contribution in [2.24, 2.45) is 0 Å². The molecule has 0 aliphatic heterocycles. The lowest BCUT2D eigenvalue weighted by atomic mass is 10.2. The topological polar surface area (TPSA) is 76.8 Å². The fraction of sp³-hybridized carbons (Fsp3) is 0.227. The number of hydrogen-bond donors (Lipinski definition) is 0. The average molecular weight is 431 g/mol. The standard InChI is InChI=1S/C22H22FNO5S/c1-24(13-4-14-28-18-5-3-6-19(15-18)30(2,26)27)22(25)21-12-11-20(29-21)16-7-9-17(23)10-8-16/h3,5-12,15H,4,13-14H2,1-2H3. The molecule has 0 aliphatic rings. The SMILES string of the molecule is CN(CCCOc1cccc(S(C)(=O)=O)c1)C(=O)c1ccc(-c2ccc(F)cc2)o1. The van der Waals surface area contributed by atoms with E-state index in [1.165, 1.54) is 29.2 Å². The Labute approximate surface area is 174 Å². The van der Waals surface area contributed by atoms with Gasteiger partial charge in [0.1, 0.15) is 17.3 Å². The summed E-state index contributed by atoms with van der Waals surface area (Å²) in [5.74, 6) is 0.523. The Bertz CT molecular complexity index is 1120. The molecular formula is C22H22FNO5S. The van der Waals surface area contributed by atoms with E-state index in [4.69, 9.17) is 9.15 Å². The van der Waals surface area contributed by atoms with E-state index in [1.54, 1.807) is 43.4 Å². The summed E-state index contributed by atoms with van der Waals surface area (Å²) in [5.41, 5.74) is 0.683. The normalized spacial score (nSPS) is 11.3. The molecule has 0 spiro atoms. The van der Waals surface area contributed by atoms with Gasteiger partial charge in [-0.3, -0.25) is 4.79 Å². The van der Waals surface area contributed by atoms with Crippen LogP contribution in [0.25, 0.3) is 11.3 Å². The van der Waals surface area contributed by atoms with E-state index in [9.17, 15) is 17.6 Å². The van der Waals surface area contributed by atoms with Crippen LogP contribution in [-0.2, 0) is 9.84 Å². The molecule has 8 heteroatoms. The first-order chi connectivity index (χ1) is 14.2. The van der Waals surface area contributed by atoms with Gasteiger partial charge in [0.2, 0.25) is 0 Å². The first-order valence-electron chi connectivity index (χ1n) is 9.28. The summed E-state index contributed by atoms with van der Waals surface area (Å²) < 4.78 is 47.4. The number of rotatable bonds is 8. The van der Waals surface area contributed by atoms with Gasteiger partial charge in [-0.1, -0.05) is 6.07 Å². The third-order valence-electron chi connectivity index (χ3n) is 4.43. The molecular weight excluding hydrogens is 409 g/mol. The predicted molar refractivity (Wildman–Crippen MR) is 111 cm³/mol. The van der Waals surface area contributed by atoms with E-state index in [2.05, 4.69) is 0 Å². The molecule has 30 heavy (non-hydrogen) atoms. The molecule has 0 aliphatic carbocycles. The third-order valence-corrected chi connectivity index (χ3v) is 5.54. The molecule has 158 valence electrons. The quantitative estimate of drug-likeness (QED) is 0.503. The lowest BCUT2D eigenvalue weighted by molar-refractivity contribution is 0.0757. The highest BCUT2D eigenvalue weighted by Crippen LogP contribution is 2.23. The van der Waals surface area contributed by atoms with Crippen LogP contribution in [0.1, 0.15) is 17.0 Å². The highest BCUT2D eigenvalue weighted by atomic mass is 32.2. The van der Waals surface area contributed by atoms with Crippen LogP contribution in [0.4, 0.5) is 4.39 Å². The molecule has 1 heterocycles. The van der Waals surface area contributed by atoms with Crippen molar-refractivity contribution in [3.63, 3.8) is 0 Å². The maximum absolute atomic E-state index is 13.0. The van der Waals surface area contributed by atoms with Crippen molar-refractivity contribution in [1.29, 1.82) is 0 Å². The molecule has 3 aromatic rings. The van der Waals surface area contributed by atoms with Gasteiger partial charge >= 0.3 is 0 Å². The maximum atomic E-state index is 13.0. The molecule has 1 aromatic heterocycles. The van der Waals surface area contributed by atoms with Crippen LogP contribution >= 0.6 is 0 Å². The van der Waals surface area contributed by atoms with Gasteiger partial charge in [-0.05, 0) is 61.0 Å². The molecule has 0 fully saturated rings. The fourth-order valence-corrected chi connectivity index (χ4v) is 3.45. The number of ether oxygens (including phenoxy) is 1. The zero-order valence-electron chi connectivity index (χ0n) is 16.7. The molecule has 2 aromatic carbocycles. The van der Waals surface area contributed by atoms with Gasteiger partial charge in [0, 0.05) is 25.4 Å². The average Bonchev–Trinajstić information content (AvgIpc) is 3.21. The number of carbonyl (C=O) groups is 1. The second-order valence-corrected chi connectivity index (χ2v) is 8.86. The van der Waals surface area contributed by atoms with E-state index in [-0.39, 0.29) is 22.4 Å². The van der Waals surface area contributed by atoms with Gasteiger partial charge in [-0.2, -0.15) is 0 Å². The molecule has 3 rings (SSSR count). The maximum Gasteiger partial charge on any atom is 0.289 e. The second kappa shape index (κ2) is 9.13. The number of hydrogen-bond acceptors (Lipinski definition) is 5. The number of amides is 1. The number of sulfone groups is 1. The van der Waals surface area contributed by atoms with E-state index < -0.39 is 9.84 Å². The summed E-state index contributed by atoms with van der Waals surface area (Å²) in [4.78, 5) is 14.2. The zero-order chi connectivity index (χ0) is 21.7. The first kappa shape index (κ1) is 21.6. The molecule has 6 nitrogen and oxygen atoms in total. The Kier molecular flexibility index (Phi) is 6.56. The molecule has 0 saturated carbocycles. The highest BCUT2D eigenvalue weighted by molar-refractivity contribution is 7.90. The van der Waals surface area contributed by atoms with Crippen LogP contribution in [-0.4, -0.2) is 45.7 Å². The summed E-state index contributed by atoms with van der Waals surface area (Å²) >= 11 is 0. The van der Waals surface area contributed by atoms with Crippen LogP contribution in [0.2, 0.25) is 0 Å². The van der Waals surface area contributed by atoms with Crippen molar-refractivity contribution in [3.8, 4) is 17.1 Å². The smallest absolute Gasteiger partial charge is 0.289 e. The summed E-state index contributed by atoms with van der Waals surface area (Å²) in [5, 5.41) is 0. The number of nitrogens with zero attached hydrogens (tertiary/aromatic N) is 1. The van der Waals surface area contributed by atoms with Crippen LogP contribution < -0.4 is 4.74 Å². The summed E-state index contributed by atoms with van der Waals surface area (Å²) in [6.45, 7) is 0.751. The summed E-state index contributed by atoms with van der Waals surface area (Å²) in [6, 6.07) is 15.4. The van der Waals surface area contributed by atoms with Crippen molar-refractivity contribution in [2.75, 3.05) is 26.5 Å². The molecule has 0 saturated heterocycles. The minimum atomic E-state index is -3.29. The van der Waals surface area contributed by atoms with Crippen LogP contribution in [0.3, 0.4) is 0 Å². The molecule has 0 N–H and O–H groups in total. The van der Waals surface area contributed by atoms with E-state index in [1.807, 2.05) is 0 Å². The molecule has 1 amide bonds. The minimum Gasteiger partial charge on any atom is -0.493 e. The predicted octanol–water partition coefficient (Wildman–Crippen LogP) is 4.03. The van der Waals surface area contributed by atoms with Crippen LogP contribution in [0, 0.1) is 5.82 Å². The van der Waals surface area contributed by atoms with Gasteiger partial charge in [0.15, 0.2) is 15.6 Å². The van der Waals surface area contributed by atoms with Gasteiger partial charge in [-0.25, -0.2) is 12.8 Å². The van der Waals surface area contributed by atoms with E-state index in [0.717, 1.165) is 6.26 Å². The third kappa shape index (κ3) is 5.48. The van der Waals surface area contributed by atoms with Crippen LogP contribution in [0.5, 0.6) is 5.75 Å². The zero-order valence-corrected chi connectivity index (χ0v) is 17.5. The molecule has 0 atom stereocenters. The second-order valence-electron chi connectivity index (χ2n) is 6.85. The molecule has 0 unspecified atom stereocenters. The largest absolute Gasteiger partial charge is 0.493 e. The Hall–Kier alpha value is -3.13. The Morgan fingerprint density at radius 3 is 2.53 bits per heavy atom. The first-order valence-corrected chi connectivity index (χ1v) is 11.2. The minimum absolute atomic E-state index is 0.193. The Balaban J connectivity index is 1.51. The van der Waals surface area contributed by atoms with E-state index in [0.29, 0.717) is 36.6 Å². The fourth-order valence-electron chi connectivity index (χ4n) is 2.80. The van der Waals surface area contributed by atoms with Gasteiger partial charge in [0.25, 0.3) is 5.91 Å². The Morgan fingerprint density at radius 1 is 1.10 bits per heavy atom. The van der Waals surface area contributed by atoms with Gasteiger partial charge in [-0.15, -0.1) is 0 Å². The van der Waals surface area contributed by atoms with Crippen LogP contribution in [0.15, 0.2) is 70.0 Å². The monoisotopic (exact) mass is 431 g/mol. The Morgan fingerprint density at radius 2 is 1.83 bits per heavy atom. The number of furan rings is 1. The summed E-state index contributed by atoms with van der Waals surface area (Å²) in [6.07, 6.45) is 1.69. The van der Waals surface area contributed by atoms with Crippen molar-refractivity contribution in [2.45, 2.75) is 11.3 Å². The lowest BCUT2D eigenvalue weighted by Crippen LogP contribution is -2.28. The number of benzene rings is 2. The van der Waals surface area contributed by atoms with Gasteiger partial charge in [0.05, 0.1) is 11.5 Å². The van der Waals surface area contributed by atoms with E-state index >= 15 is 0 Å². The van der Waals surface area contributed by atoms with Crippen molar-refractivity contribution < 1.29 is 26.8 Å². The number of carbonyl (C=O) groups excluding carboxylic acids is 1. The van der Waals surface area contributed by atoms with Crippen molar-refractivity contribution >= 4 is 15.7 Å². The highest BCUT2D eigenvalue weighted by Gasteiger charge is 2.16. The number of halogens is 1. The van der Waals surface area contributed by atoms with Crippen molar-refractivity contribution in [1.82, 2.24) is 4.90 Å². The molecule has 0 bridgehead atoms. The lowest BCUT2D eigenvalue weighted by Gasteiger charge is -2.16. The van der Waals surface area contributed by atoms with Crippen molar-refractivity contribution in [3.05, 3.63) is 72.2 Å². The summed E-state index contributed by atoms with van der Waals surface area (Å²) in [7, 11) is -1.63. The molecule has 0 radical (unpaired) electrons.